The molecule has 114 valence electrons. The van der Waals surface area contributed by atoms with Gasteiger partial charge in [-0.2, -0.15) is 0 Å². The monoisotopic (exact) mass is 287 g/mol. The molecule has 0 N–H and O–H groups in total. The summed E-state index contributed by atoms with van der Waals surface area (Å²) in [6.45, 7) is 5.27. The van der Waals surface area contributed by atoms with E-state index in [1.807, 2.05) is 11.1 Å². The third-order valence-corrected chi connectivity index (χ3v) is 4.79. The summed E-state index contributed by atoms with van der Waals surface area (Å²) < 4.78 is 0. The molecule has 1 atom stereocenters. The molecule has 2 aliphatic rings. The van der Waals surface area contributed by atoms with Crippen molar-refractivity contribution >= 4 is 12.2 Å². The zero-order chi connectivity index (χ0) is 14.7. The number of pyridine rings is 1. The van der Waals surface area contributed by atoms with Crippen LogP contribution >= 0.6 is 0 Å². The van der Waals surface area contributed by atoms with Crippen LogP contribution < -0.4 is 4.90 Å². The molecule has 3 rings (SSSR count). The Morgan fingerprint density at radius 1 is 1.14 bits per heavy atom. The van der Waals surface area contributed by atoms with Crippen LogP contribution in [0.2, 0.25) is 0 Å². The summed E-state index contributed by atoms with van der Waals surface area (Å²) in [6.07, 6.45) is 10.2. The van der Waals surface area contributed by atoms with Gasteiger partial charge in [0.2, 0.25) is 6.41 Å². The minimum Gasteiger partial charge on any atom is -0.356 e. The number of piperidine rings is 2. The van der Waals surface area contributed by atoms with E-state index in [1.54, 1.807) is 0 Å². The van der Waals surface area contributed by atoms with Gasteiger partial charge >= 0.3 is 0 Å². The van der Waals surface area contributed by atoms with Gasteiger partial charge in [-0.15, -0.1) is 0 Å². The first-order valence-electron chi connectivity index (χ1n) is 8.22. The molecule has 1 amide bonds. The minimum absolute atomic E-state index is 0.220. The van der Waals surface area contributed by atoms with Crippen LogP contribution in [0.4, 0.5) is 5.82 Å². The first-order chi connectivity index (χ1) is 10.3. The average molecular weight is 287 g/mol. The number of anilines is 1. The molecule has 1 aromatic rings. The smallest absolute Gasteiger partial charge is 0.210 e. The Morgan fingerprint density at radius 2 is 1.90 bits per heavy atom. The van der Waals surface area contributed by atoms with E-state index in [-0.39, 0.29) is 6.04 Å². The van der Waals surface area contributed by atoms with Crippen LogP contribution in [0.3, 0.4) is 0 Å². The highest BCUT2D eigenvalue weighted by Crippen LogP contribution is 2.31. The molecule has 2 aliphatic heterocycles. The lowest BCUT2D eigenvalue weighted by Gasteiger charge is -2.34. The van der Waals surface area contributed by atoms with Crippen LogP contribution in [0, 0.1) is 6.92 Å². The van der Waals surface area contributed by atoms with Crippen molar-refractivity contribution in [2.75, 3.05) is 24.5 Å². The average Bonchev–Trinajstić information content (AvgIpc) is 2.55. The van der Waals surface area contributed by atoms with Gasteiger partial charge in [-0.3, -0.25) is 4.79 Å². The second kappa shape index (κ2) is 6.46. The summed E-state index contributed by atoms with van der Waals surface area (Å²) >= 11 is 0. The van der Waals surface area contributed by atoms with Crippen LogP contribution in [-0.4, -0.2) is 35.9 Å². The number of nitrogens with zero attached hydrogens (tertiary/aromatic N) is 3. The van der Waals surface area contributed by atoms with Crippen LogP contribution in [0.15, 0.2) is 12.3 Å². The highest BCUT2D eigenvalue weighted by molar-refractivity contribution is 5.51. The maximum atomic E-state index is 11.2. The van der Waals surface area contributed by atoms with E-state index < -0.39 is 0 Å². The lowest BCUT2D eigenvalue weighted by molar-refractivity contribution is -0.121. The maximum Gasteiger partial charge on any atom is 0.210 e. The van der Waals surface area contributed by atoms with Gasteiger partial charge in [0, 0.05) is 25.8 Å². The lowest BCUT2D eigenvalue weighted by Crippen LogP contribution is -2.33. The number of hydrogen-bond donors (Lipinski definition) is 0. The summed E-state index contributed by atoms with van der Waals surface area (Å²) in [6, 6.07) is 2.46. The number of aromatic nitrogens is 1. The Bertz CT molecular complexity index is 497. The summed E-state index contributed by atoms with van der Waals surface area (Å²) in [5.41, 5.74) is 2.44. The zero-order valence-electron chi connectivity index (χ0n) is 12.9. The van der Waals surface area contributed by atoms with E-state index in [2.05, 4.69) is 17.9 Å². The number of carbonyl (C=O) groups is 1. The Balaban J connectivity index is 1.81. The SMILES string of the molecule is Cc1cc(C2CCCCN2C=O)cnc1N1CCCCC1. The van der Waals surface area contributed by atoms with Crippen molar-refractivity contribution in [1.29, 1.82) is 0 Å². The van der Waals surface area contributed by atoms with Crippen molar-refractivity contribution in [1.82, 2.24) is 9.88 Å². The molecule has 1 aromatic heterocycles. The molecule has 3 heterocycles. The Labute approximate surface area is 127 Å². The minimum atomic E-state index is 0.220. The first-order valence-corrected chi connectivity index (χ1v) is 8.22. The van der Waals surface area contributed by atoms with Crippen molar-refractivity contribution in [3.63, 3.8) is 0 Å². The molecule has 4 heteroatoms. The van der Waals surface area contributed by atoms with Gasteiger partial charge < -0.3 is 9.80 Å². The number of hydrogen-bond acceptors (Lipinski definition) is 3. The second-order valence-corrected chi connectivity index (χ2v) is 6.31. The van der Waals surface area contributed by atoms with E-state index in [1.165, 1.54) is 36.8 Å². The van der Waals surface area contributed by atoms with Gasteiger partial charge in [-0.25, -0.2) is 4.98 Å². The van der Waals surface area contributed by atoms with Gasteiger partial charge in [0.25, 0.3) is 0 Å². The molecule has 0 radical (unpaired) electrons. The number of rotatable bonds is 3. The van der Waals surface area contributed by atoms with E-state index in [4.69, 9.17) is 4.98 Å². The summed E-state index contributed by atoms with van der Waals surface area (Å²) in [5, 5.41) is 0. The molecule has 1 unspecified atom stereocenters. The maximum absolute atomic E-state index is 11.2. The number of aryl methyl sites for hydroxylation is 1. The van der Waals surface area contributed by atoms with Gasteiger partial charge in [0.05, 0.1) is 6.04 Å². The van der Waals surface area contributed by atoms with Gasteiger partial charge in [-0.05, 0) is 62.6 Å². The predicted octanol–water partition coefficient (Wildman–Crippen LogP) is 3.06. The summed E-state index contributed by atoms with van der Waals surface area (Å²) in [4.78, 5) is 20.3. The normalized spacial score (nSPS) is 23.2. The Hall–Kier alpha value is -1.58. The van der Waals surface area contributed by atoms with Crippen LogP contribution in [-0.2, 0) is 4.79 Å². The Morgan fingerprint density at radius 3 is 2.62 bits per heavy atom. The quantitative estimate of drug-likeness (QED) is 0.802. The lowest BCUT2D eigenvalue weighted by atomic mass is 9.96. The highest BCUT2D eigenvalue weighted by Gasteiger charge is 2.24. The van der Waals surface area contributed by atoms with Gasteiger partial charge in [0.1, 0.15) is 5.82 Å². The van der Waals surface area contributed by atoms with E-state index >= 15 is 0 Å². The van der Waals surface area contributed by atoms with E-state index in [0.717, 1.165) is 44.7 Å². The largest absolute Gasteiger partial charge is 0.356 e. The predicted molar refractivity (Wildman–Crippen MR) is 84.4 cm³/mol. The van der Waals surface area contributed by atoms with E-state index in [0.29, 0.717) is 0 Å². The third kappa shape index (κ3) is 3.04. The summed E-state index contributed by atoms with van der Waals surface area (Å²) in [7, 11) is 0. The topological polar surface area (TPSA) is 36.4 Å². The third-order valence-electron chi connectivity index (χ3n) is 4.79. The molecule has 2 saturated heterocycles. The molecular formula is C17H25N3O. The first kappa shape index (κ1) is 14.4. The zero-order valence-corrected chi connectivity index (χ0v) is 12.9. The molecule has 0 spiro atoms. The standard InChI is InChI=1S/C17H25N3O/c1-14-11-15(16-7-3-6-10-20(16)13-21)12-18-17(14)19-8-4-2-5-9-19/h11-13,16H,2-10H2,1H3. The van der Waals surface area contributed by atoms with Crippen LogP contribution in [0.1, 0.15) is 55.7 Å². The fraction of sp³-hybridized carbons (Fsp3) is 0.647. The molecular weight excluding hydrogens is 262 g/mol. The summed E-state index contributed by atoms with van der Waals surface area (Å²) in [5.74, 6) is 1.13. The molecule has 0 aromatic carbocycles. The molecule has 0 aliphatic carbocycles. The van der Waals surface area contributed by atoms with Gasteiger partial charge in [0.15, 0.2) is 0 Å². The molecule has 0 saturated carbocycles. The second-order valence-electron chi connectivity index (χ2n) is 6.31. The van der Waals surface area contributed by atoms with Crippen molar-refractivity contribution in [3.8, 4) is 0 Å². The molecule has 2 fully saturated rings. The van der Waals surface area contributed by atoms with E-state index in [9.17, 15) is 4.79 Å². The van der Waals surface area contributed by atoms with Crippen LogP contribution in [0.5, 0.6) is 0 Å². The number of carbonyl (C=O) groups excluding carboxylic acids is 1. The fourth-order valence-corrected chi connectivity index (χ4v) is 3.65. The Kier molecular flexibility index (Phi) is 4.42. The van der Waals surface area contributed by atoms with Gasteiger partial charge in [-0.1, -0.05) is 0 Å². The number of likely N-dealkylation sites (tertiary alicyclic amines) is 1. The molecule has 21 heavy (non-hydrogen) atoms. The van der Waals surface area contributed by atoms with Crippen molar-refractivity contribution in [3.05, 3.63) is 23.4 Å². The van der Waals surface area contributed by atoms with Crippen molar-refractivity contribution in [2.24, 2.45) is 0 Å². The fourth-order valence-electron chi connectivity index (χ4n) is 3.65. The van der Waals surface area contributed by atoms with Crippen molar-refractivity contribution in [2.45, 2.75) is 51.5 Å². The van der Waals surface area contributed by atoms with Crippen molar-refractivity contribution < 1.29 is 4.79 Å². The molecule has 4 nitrogen and oxygen atoms in total. The molecule has 0 bridgehead atoms. The highest BCUT2D eigenvalue weighted by atomic mass is 16.1. The van der Waals surface area contributed by atoms with Crippen LogP contribution in [0.25, 0.3) is 0 Å². The number of amides is 1.